The fourth-order valence-corrected chi connectivity index (χ4v) is 2.17. The van der Waals surface area contributed by atoms with Gasteiger partial charge in [-0.15, -0.1) is 0 Å². The number of aliphatic hydroxyl groups excluding tert-OH is 2. The van der Waals surface area contributed by atoms with Crippen LogP contribution in [0.25, 0.3) is 0 Å². The van der Waals surface area contributed by atoms with Crippen molar-refractivity contribution in [3.8, 4) is 0 Å². The predicted molar refractivity (Wildman–Crippen MR) is 69.6 cm³/mol. The molecule has 13 nitrogen and oxygen atoms in total. The molecule has 0 unspecified atom stereocenters. The summed E-state index contributed by atoms with van der Waals surface area (Å²) in [6.45, 7) is -0.525. The third-order valence-corrected chi connectivity index (χ3v) is 3.25. The number of carbonyl (C=O) groups excluding carboxylic acids is 2. The number of hydrogen-bond acceptors (Lipinski definition) is 11. The first-order valence-corrected chi connectivity index (χ1v) is 8.32. The molecule has 4 atom stereocenters. The number of carbonyl (C=O) groups is 2. The number of ketones is 2. The third kappa shape index (κ3) is 8.39. The van der Waals surface area contributed by atoms with Gasteiger partial charge in [-0.3, -0.25) is 18.7 Å². The third-order valence-electron chi connectivity index (χ3n) is 2.35. The van der Waals surface area contributed by atoms with Crippen LogP contribution in [-0.2, 0) is 38.8 Å². The van der Waals surface area contributed by atoms with Crippen molar-refractivity contribution in [3.63, 3.8) is 0 Å². The SMILES string of the molecule is CC(=O)C(=O)[C@H](N)[C@@H](O)[C@@H](OS(=O)(=O)O)[C@H](O)COS(=O)(=O)O. The Morgan fingerprint density at radius 2 is 1.57 bits per heavy atom. The Balaban J connectivity index is 5.35. The van der Waals surface area contributed by atoms with E-state index in [4.69, 9.17) is 14.8 Å². The van der Waals surface area contributed by atoms with Gasteiger partial charge in [-0.1, -0.05) is 0 Å². The lowest BCUT2D eigenvalue weighted by Gasteiger charge is -2.28. The van der Waals surface area contributed by atoms with Crippen molar-refractivity contribution in [3.05, 3.63) is 0 Å². The smallest absolute Gasteiger partial charge is 0.388 e. The van der Waals surface area contributed by atoms with E-state index in [0.29, 0.717) is 0 Å². The molecule has 136 valence electrons. The van der Waals surface area contributed by atoms with E-state index in [9.17, 15) is 36.6 Å². The minimum atomic E-state index is -5.29. The molecule has 0 amide bonds. The molecule has 0 aliphatic carbocycles. The fraction of sp³-hybridized carbons (Fsp3) is 0.750. The quantitative estimate of drug-likeness (QED) is 0.181. The molecule has 0 rings (SSSR count). The summed E-state index contributed by atoms with van der Waals surface area (Å²) in [4.78, 5) is 22.2. The molecule has 0 heterocycles. The van der Waals surface area contributed by atoms with E-state index >= 15 is 0 Å². The predicted octanol–water partition coefficient (Wildman–Crippen LogP) is -3.80. The molecule has 23 heavy (non-hydrogen) atoms. The van der Waals surface area contributed by atoms with Gasteiger partial charge >= 0.3 is 20.8 Å². The molecular formula is C8H15NO12S2. The largest absolute Gasteiger partial charge is 0.397 e. The Bertz CT molecular complexity index is 640. The topological polar surface area (TPSA) is 228 Å². The molecule has 0 aromatic rings. The standard InChI is InChI=1S/C8H15NO12S2/c1-3(10)6(12)5(9)7(13)8(21-23(17,18)19)4(11)2-20-22(14,15)16/h4-5,7-8,11,13H,2,9H2,1H3,(H,14,15,16)(H,17,18,19)/t4-,5+,7-,8+/m1/s1. The maximum Gasteiger partial charge on any atom is 0.397 e. The van der Waals surface area contributed by atoms with Crippen LogP contribution in [0.1, 0.15) is 6.92 Å². The van der Waals surface area contributed by atoms with Gasteiger partial charge in [0.1, 0.15) is 24.4 Å². The zero-order valence-corrected chi connectivity index (χ0v) is 13.1. The first-order valence-electron chi connectivity index (χ1n) is 5.59. The second kappa shape index (κ2) is 8.18. The maximum absolute atomic E-state index is 11.3. The highest BCUT2D eigenvalue weighted by atomic mass is 32.3. The van der Waals surface area contributed by atoms with E-state index in [1.54, 1.807) is 0 Å². The van der Waals surface area contributed by atoms with Gasteiger partial charge < -0.3 is 15.9 Å². The second-order valence-electron chi connectivity index (χ2n) is 4.20. The molecular weight excluding hydrogens is 366 g/mol. The van der Waals surface area contributed by atoms with Gasteiger partial charge in [0.2, 0.25) is 5.78 Å². The zero-order chi connectivity index (χ0) is 18.6. The van der Waals surface area contributed by atoms with Crippen LogP contribution in [0, 0.1) is 0 Å². The normalized spacial score (nSPS) is 18.0. The van der Waals surface area contributed by atoms with Crippen molar-refractivity contribution in [1.82, 2.24) is 0 Å². The van der Waals surface area contributed by atoms with Crippen molar-refractivity contribution in [2.24, 2.45) is 5.73 Å². The maximum atomic E-state index is 11.3. The van der Waals surface area contributed by atoms with E-state index in [2.05, 4.69) is 8.37 Å². The Morgan fingerprint density at radius 3 is 1.91 bits per heavy atom. The van der Waals surface area contributed by atoms with E-state index in [1.807, 2.05) is 0 Å². The number of rotatable bonds is 10. The van der Waals surface area contributed by atoms with E-state index in [0.717, 1.165) is 6.92 Å². The molecule has 0 aliphatic rings. The molecule has 0 spiro atoms. The Hall–Kier alpha value is -1.04. The molecule has 0 saturated carbocycles. The van der Waals surface area contributed by atoms with Crippen molar-refractivity contribution >= 4 is 32.4 Å². The van der Waals surface area contributed by atoms with Gasteiger partial charge in [-0.05, 0) is 0 Å². The molecule has 0 radical (unpaired) electrons. The first-order chi connectivity index (χ1) is 10.2. The van der Waals surface area contributed by atoms with Crippen LogP contribution in [0.3, 0.4) is 0 Å². The molecule has 0 bridgehead atoms. The summed E-state index contributed by atoms with van der Waals surface area (Å²) in [7, 11) is -10.3. The lowest BCUT2D eigenvalue weighted by atomic mass is 9.97. The van der Waals surface area contributed by atoms with Crippen molar-refractivity contribution in [2.75, 3.05) is 6.61 Å². The molecule has 0 fully saturated rings. The number of hydrogen-bond donors (Lipinski definition) is 5. The summed E-state index contributed by atoms with van der Waals surface area (Å²) in [6.07, 6.45) is -7.03. The molecule has 15 heteroatoms. The zero-order valence-electron chi connectivity index (χ0n) is 11.5. The van der Waals surface area contributed by atoms with Crippen LogP contribution in [0.15, 0.2) is 0 Å². The average Bonchev–Trinajstić information content (AvgIpc) is 2.37. The number of Topliss-reactive ketones (excluding diaryl/α,β-unsaturated/α-hetero) is 2. The molecule has 6 N–H and O–H groups in total. The van der Waals surface area contributed by atoms with Gasteiger partial charge in [-0.2, -0.15) is 16.8 Å². The van der Waals surface area contributed by atoms with Crippen LogP contribution < -0.4 is 5.73 Å². The highest BCUT2D eigenvalue weighted by molar-refractivity contribution is 7.81. The Kier molecular flexibility index (Phi) is 7.81. The lowest BCUT2D eigenvalue weighted by molar-refractivity contribution is -0.140. The van der Waals surface area contributed by atoms with Crippen LogP contribution in [0.4, 0.5) is 0 Å². The van der Waals surface area contributed by atoms with Crippen molar-refractivity contribution in [1.29, 1.82) is 0 Å². The van der Waals surface area contributed by atoms with Crippen LogP contribution in [-0.4, -0.2) is 78.7 Å². The highest BCUT2D eigenvalue weighted by Gasteiger charge is 2.39. The molecule has 0 saturated heterocycles. The minimum Gasteiger partial charge on any atom is -0.388 e. The van der Waals surface area contributed by atoms with E-state index in [1.165, 1.54) is 0 Å². The first kappa shape index (κ1) is 22.0. The lowest BCUT2D eigenvalue weighted by Crippen LogP contribution is -2.55. The van der Waals surface area contributed by atoms with Gasteiger partial charge in [0.05, 0.1) is 6.61 Å². The molecule has 0 aromatic heterocycles. The minimum absolute atomic E-state index is 0.797. The summed E-state index contributed by atoms with van der Waals surface area (Å²) >= 11 is 0. The van der Waals surface area contributed by atoms with Crippen LogP contribution in [0.5, 0.6) is 0 Å². The van der Waals surface area contributed by atoms with Crippen LogP contribution in [0.2, 0.25) is 0 Å². The molecule has 0 aliphatic heterocycles. The summed E-state index contributed by atoms with van der Waals surface area (Å²) in [5.74, 6) is -2.46. The van der Waals surface area contributed by atoms with Crippen molar-refractivity contribution in [2.45, 2.75) is 31.3 Å². The van der Waals surface area contributed by atoms with E-state index < -0.39 is 63.3 Å². The number of nitrogens with two attached hydrogens (primary N) is 1. The number of aliphatic hydroxyl groups is 2. The highest BCUT2D eigenvalue weighted by Crippen LogP contribution is 2.13. The summed E-state index contributed by atoms with van der Waals surface area (Å²) < 4.78 is 66.7. The van der Waals surface area contributed by atoms with Crippen molar-refractivity contribution < 1.29 is 54.1 Å². The Labute approximate surface area is 130 Å². The summed E-state index contributed by atoms with van der Waals surface area (Å²) in [6, 6.07) is -2.06. The average molecular weight is 381 g/mol. The summed E-state index contributed by atoms with van der Waals surface area (Å²) in [5.41, 5.74) is 5.20. The van der Waals surface area contributed by atoms with Crippen LogP contribution >= 0.6 is 0 Å². The van der Waals surface area contributed by atoms with E-state index in [-0.39, 0.29) is 0 Å². The Morgan fingerprint density at radius 1 is 1.09 bits per heavy atom. The van der Waals surface area contributed by atoms with Gasteiger partial charge in [0.25, 0.3) is 0 Å². The van der Waals surface area contributed by atoms with Gasteiger partial charge in [0, 0.05) is 6.92 Å². The van der Waals surface area contributed by atoms with Gasteiger partial charge in [0.15, 0.2) is 5.78 Å². The monoisotopic (exact) mass is 381 g/mol. The van der Waals surface area contributed by atoms with Gasteiger partial charge in [-0.25, -0.2) is 8.37 Å². The fourth-order valence-electron chi connectivity index (χ4n) is 1.33. The second-order valence-corrected chi connectivity index (χ2v) is 6.34. The molecule has 0 aromatic carbocycles. The summed E-state index contributed by atoms with van der Waals surface area (Å²) in [5, 5.41) is 19.3.